The minimum Gasteiger partial charge on any atom is -0.467 e. The Morgan fingerprint density at radius 1 is 1.29 bits per heavy atom. The highest BCUT2D eigenvalue weighted by molar-refractivity contribution is 8.26. The average molecular weight is 554 g/mol. The number of ether oxygens (including phenoxy) is 1. The van der Waals surface area contributed by atoms with E-state index >= 15 is 0 Å². The van der Waals surface area contributed by atoms with Crippen molar-refractivity contribution in [2.75, 3.05) is 24.6 Å². The van der Waals surface area contributed by atoms with Gasteiger partial charge < -0.3 is 19.4 Å². The summed E-state index contributed by atoms with van der Waals surface area (Å²) in [7, 11) is 0. The Hall–Kier alpha value is -3.97. The first-order valence-electron chi connectivity index (χ1n) is 11.9. The van der Waals surface area contributed by atoms with E-state index in [1.54, 1.807) is 48.4 Å². The second-order valence-electron chi connectivity index (χ2n) is 8.44. The van der Waals surface area contributed by atoms with Crippen LogP contribution in [-0.2, 0) is 25.7 Å². The maximum absolute atomic E-state index is 13.7. The van der Waals surface area contributed by atoms with E-state index in [1.807, 2.05) is 0 Å². The number of nitrogens with zero attached hydrogens (tertiary/aromatic N) is 4. The number of piperazine rings is 1. The molecule has 0 spiro atoms. The smallest absolute Gasteiger partial charge is 0.308 e. The van der Waals surface area contributed by atoms with Crippen LogP contribution in [0.3, 0.4) is 0 Å². The van der Waals surface area contributed by atoms with Gasteiger partial charge in [-0.1, -0.05) is 30.0 Å². The van der Waals surface area contributed by atoms with Crippen molar-refractivity contribution < 1.29 is 23.5 Å². The molecule has 0 aliphatic carbocycles. The van der Waals surface area contributed by atoms with E-state index in [4.69, 9.17) is 26.4 Å². The second-order valence-corrected chi connectivity index (χ2v) is 10.1. The molecule has 2 fully saturated rings. The van der Waals surface area contributed by atoms with E-state index in [2.05, 4.69) is 5.32 Å². The summed E-state index contributed by atoms with van der Waals surface area (Å²) in [6.07, 6.45) is 4.32. The van der Waals surface area contributed by atoms with Crippen LogP contribution in [0.1, 0.15) is 24.7 Å². The van der Waals surface area contributed by atoms with Crippen molar-refractivity contribution >= 4 is 63.6 Å². The Morgan fingerprint density at radius 3 is 2.89 bits per heavy atom. The summed E-state index contributed by atoms with van der Waals surface area (Å²) >= 11 is 6.50. The predicted molar refractivity (Wildman–Crippen MR) is 144 cm³/mol. The quantitative estimate of drug-likeness (QED) is 0.264. The van der Waals surface area contributed by atoms with Gasteiger partial charge >= 0.3 is 5.97 Å². The van der Waals surface area contributed by atoms with Gasteiger partial charge in [0.2, 0.25) is 5.91 Å². The first-order chi connectivity index (χ1) is 18.4. The van der Waals surface area contributed by atoms with E-state index in [0.717, 1.165) is 11.8 Å². The number of anilines is 1. The van der Waals surface area contributed by atoms with Crippen molar-refractivity contribution in [2.45, 2.75) is 25.9 Å². The number of esters is 1. The number of thioether (sulfide) groups is 1. The lowest BCUT2D eigenvalue weighted by Crippen LogP contribution is -2.57. The summed E-state index contributed by atoms with van der Waals surface area (Å²) in [6.45, 7) is 2.60. The van der Waals surface area contributed by atoms with Crippen LogP contribution in [0.25, 0.3) is 11.7 Å². The molecule has 2 aliphatic heterocycles. The van der Waals surface area contributed by atoms with Crippen LogP contribution >= 0.6 is 24.0 Å². The molecule has 1 N–H and O–H groups in total. The van der Waals surface area contributed by atoms with Crippen LogP contribution in [0.2, 0.25) is 0 Å². The monoisotopic (exact) mass is 553 g/mol. The van der Waals surface area contributed by atoms with Crippen molar-refractivity contribution in [1.29, 1.82) is 0 Å². The molecule has 38 heavy (non-hydrogen) atoms. The number of hydrogen-bond acceptors (Lipinski definition) is 10. The van der Waals surface area contributed by atoms with Crippen molar-refractivity contribution in [2.24, 2.45) is 0 Å². The van der Waals surface area contributed by atoms with Gasteiger partial charge in [0.25, 0.3) is 11.5 Å². The highest BCUT2D eigenvalue weighted by Gasteiger charge is 2.37. The number of carbonyl (C=O) groups excluding carboxylic acids is 3. The Morgan fingerprint density at radius 2 is 2.13 bits per heavy atom. The number of fused-ring (bicyclic) bond motifs is 1. The number of thiocarbonyl (C=S) groups is 1. The summed E-state index contributed by atoms with van der Waals surface area (Å²) in [4.78, 5) is 60.1. The highest BCUT2D eigenvalue weighted by Crippen LogP contribution is 2.35. The van der Waals surface area contributed by atoms with E-state index in [0.29, 0.717) is 28.8 Å². The van der Waals surface area contributed by atoms with Gasteiger partial charge in [-0.3, -0.25) is 28.5 Å². The fraction of sp³-hybridized carbons (Fsp3) is 0.280. The largest absolute Gasteiger partial charge is 0.467 e. The Bertz CT molecular complexity index is 1520. The number of carbonyl (C=O) groups is 3. The van der Waals surface area contributed by atoms with Gasteiger partial charge in [-0.2, -0.15) is 0 Å². The molecule has 3 aromatic rings. The molecule has 0 aromatic carbocycles. The summed E-state index contributed by atoms with van der Waals surface area (Å²) in [5, 5.41) is 2.76. The normalized spacial score (nSPS) is 18.9. The van der Waals surface area contributed by atoms with Gasteiger partial charge in [0, 0.05) is 19.3 Å². The molecule has 3 aromatic heterocycles. The molecule has 0 saturated carbocycles. The fourth-order valence-corrected chi connectivity index (χ4v) is 5.55. The lowest BCUT2D eigenvalue weighted by Gasteiger charge is -2.36. The molecular weight excluding hydrogens is 530 g/mol. The van der Waals surface area contributed by atoms with Crippen LogP contribution in [-0.4, -0.2) is 62.1 Å². The van der Waals surface area contributed by atoms with Crippen LogP contribution in [0, 0.1) is 0 Å². The molecule has 5 rings (SSSR count). The highest BCUT2D eigenvalue weighted by atomic mass is 32.2. The SMILES string of the molecule is CCOC(=O)CC1C(=O)NCCN1c1nc2ccccn2c(=O)c1/C=C1/SC(=S)N(Cc2ccco2)C1=O. The van der Waals surface area contributed by atoms with Crippen LogP contribution in [0.4, 0.5) is 5.82 Å². The Balaban J connectivity index is 1.60. The molecular formula is C25H23N5O6S2. The van der Waals surface area contributed by atoms with E-state index in [9.17, 15) is 19.2 Å². The van der Waals surface area contributed by atoms with Gasteiger partial charge in [-0.15, -0.1) is 0 Å². The third-order valence-electron chi connectivity index (χ3n) is 6.06. The van der Waals surface area contributed by atoms with Crippen LogP contribution in [0.5, 0.6) is 0 Å². The van der Waals surface area contributed by atoms with E-state index in [-0.39, 0.29) is 47.7 Å². The minimum absolute atomic E-state index is 0.107. The maximum atomic E-state index is 13.7. The zero-order valence-corrected chi connectivity index (χ0v) is 21.9. The van der Waals surface area contributed by atoms with Crippen molar-refractivity contribution in [3.05, 3.63) is 69.4 Å². The van der Waals surface area contributed by atoms with Gasteiger partial charge in [-0.25, -0.2) is 4.98 Å². The molecule has 2 aliphatic rings. The van der Waals surface area contributed by atoms with E-state index in [1.165, 1.54) is 21.6 Å². The zero-order valence-electron chi connectivity index (χ0n) is 20.3. The standard InChI is InChI=1S/C25H23N5O6S2/c1-2-35-20(31)13-17-22(32)26-8-10-28(17)21-16(23(33)29-9-4-3-7-19(29)27-21)12-18-24(34)30(25(37)38-18)14-15-6-5-11-36-15/h3-7,9,11-12,17H,2,8,10,13-14H2,1H3,(H,26,32)/b18-12+. The average Bonchev–Trinajstić information content (AvgIpc) is 3.51. The molecule has 5 heterocycles. The molecule has 0 bridgehead atoms. The zero-order chi connectivity index (χ0) is 26.8. The number of hydrogen-bond donors (Lipinski definition) is 1. The lowest BCUT2D eigenvalue weighted by atomic mass is 10.1. The van der Waals surface area contributed by atoms with Crippen LogP contribution in [0.15, 0.2) is 56.9 Å². The number of nitrogens with one attached hydrogen (secondary N) is 1. The Labute approximate surface area is 226 Å². The fourth-order valence-electron chi connectivity index (χ4n) is 4.31. The van der Waals surface area contributed by atoms with Gasteiger partial charge in [-0.05, 0) is 37.3 Å². The molecule has 1 atom stereocenters. The number of amides is 2. The van der Waals surface area contributed by atoms with Crippen molar-refractivity contribution in [1.82, 2.24) is 19.6 Å². The maximum Gasteiger partial charge on any atom is 0.308 e. The molecule has 2 amide bonds. The van der Waals surface area contributed by atoms with Gasteiger partial charge in [0.15, 0.2) is 0 Å². The van der Waals surface area contributed by atoms with Crippen molar-refractivity contribution in [3.8, 4) is 0 Å². The lowest BCUT2D eigenvalue weighted by molar-refractivity contribution is -0.145. The third kappa shape index (κ3) is 4.94. The molecule has 1 unspecified atom stereocenters. The van der Waals surface area contributed by atoms with E-state index < -0.39 is 17.6 Å². The molecule has 0 radical (unpaired) electrons. The first kappa shape index (κ1) is 25.7. The molecule has 13 heteroatoms. The summed E-state index contributed by atoms with van der Waals surface area (Å²) < 4.78 is 12.1. The topological polar surface area (TPSA) is 126 Å². The van der Waals surface area contributed by atoms with Crippen LogP contribution < -0.4 is 15.8 Å². The third-order valence-corrected chi connectivity index (χ3v) is 7.44. The van der Waals surface area contributed by atoms with Crippen molar-refractivity contribution in [3.63, 3.8) is 0 Å². The molecule has 196 valence electrons. The van der Waals surface area contributed by atoms with Gasteiger partial charge in [0.1, 0.15) is 27.6 Å². The first-order valence-corrected chi connectivity index (χ1v) is 13.1. The number of rotatable bonds is 7. The number of aromatic nitrogens is 2. The summed E-state index contributed by atoms with van der Waals surface area (Å²) in [6, 6.07) is 7.62. The predicted octanol–water partition coefficient (Wildman–Crippen LogP) is 1.95. The number of pyridine rings is 1. The summed E-state index contributed by atoms with van der Waals surface area (Å²) in [5.41, 5.74) is 0.0365. The Kier molecular flexibility index (Phi) is 7.29. The summed E-state index contributed by atoms with van der Waals surface area (Å²) in [5.74, 6) is -0.537. The van der Waals surface area contributed by atoms with Gasteiger partial charge in [0.05, 0.1) is 36.3 Å². The second kappa shape index (κ2) is 10.8. The number of furan rings is 1. The minimum atomic E-state index is -0.943. The molecule has 11 nitrogen and oxygen atoms in total. The molecule has 2 saturated heterocycles.